The SMILES string of the molecule is CCn1nc(C)c2c(C(=O)NC[C@H]3CCCO3)cc(C)nc21. The fourth-order valence-corrected chi connectivity index (χ4v) is 2.99. The van der Waals surface area contributed by atoms with E-state index in [4.69, 9.17) is 4.74 Å². The molecule has 1 saturated heterocycles. The van der Waals surface area contributed by atoms with Gasteiger partial charge in [0.05, 0.1) is 22.7 Å². The predicted molar refractivity (Wildman–Crippen MR) is 84.0 cm³/mol. The van der Waals surface area contributed by atoms with Gasteiger partial charge in [-0.05, 0) is 39.7 Å². The van der Waals surface area contributed by atoms with E-state index in [1.807, 2.05) is 31.5 Å². The van der Waals surface area contributed by atoms with Crippen LogP contribution in [0.1, 0.15) is 41.5 Å². The fourth-order valence-electron chi connectivity index (χ4n) is 2.99. The number of aryl methyl sites for hydroxylation is 3. The summed E-state index contributed by atoms with van der Waals surface area (Å²) in [5.41, 5.74) is 3.09. The normalized spacial score (nSPS) is 18.0. The second kappa shape index (κ2) is 6.04. The molecule has 0 aromatic carbocycles. The van der Waals surface area contributed by atoms with Crippen molar-refractivity contribution in [3.8, 4) is 0 Å². The van der Waals surface area contributed by atoms with Gasteiger partial charge in [0.15, 0.2) is 5.65 Å². The number of nitrogens with zero attached hydrogens (tertiary/aromatic N) is 3. The predicted octanol–water partition coefficient (Wildman–Crippen LogP) is 1.98. The molecule has 1 aliphatic rings. The van der Waals surface area contributed by atoms with Crippen LogP contribution in [0.2, 0.25) is 0 Å². The van der Waals surface area contributed by atoms with Crippen LogP contribution >= 0.6 is 0 Å². The lowest BCUT2D eigenvalue weighted by atomic mass is 10.1. The molecule has 1 atom stereocenters. The van der Waals surface area contributed by atoms with Crippen molar-refractivity contribution in [2.24, 2.45) is 0 Å². The molecule has 1 N–H and O–H groups in total. The van der Waals surface area contributed by atoms with Gasteiger partial charge in [-0.3, -0.25) is 4.79 Å². The molecule has 1 aliphatic heterocycles. The quantitative estimate of drug-likeness (QED) is 0.937. The first-order valence-electron chi connectivity index (χ1n) is 7.84. The van der Waals surface area contributed by atoms with Crippen molar-refractivity contribution in [3.63, 3.8) is 0 Å². The number of ether oxygens (including phenoxy) is 1. The minimum absolute atomic E-state index is 0.0789. The summed E-state index contributed by atoms with van der Waals surface area (Å²) in [5.74, 6) is -0.0789. The standard InChI is InChI=1S/C16H22N4O2/c1-4-20-15-14(11(3)19-20)13(8-10(2)18-15)16(21)17-9-12-6-5-7-22-12/h8,12H,4-7,9H2,1-3H3,(H,17,21)/t12-/m1/s1. The molecule has 6 nitrogen and oxygen atoms in total. The van der Waals surface area contributed by atoms with Gasteiger partial charge in [0, 0.05) is 25.4 Å². The zero-order chi connectivity index (χ0) is 15.7. The van der Waals surface area contributed by atoms with Crippen LogP contribution < -0.4 is 5.32 Å². The van der Waals surface area contributed by atoms with E-state index < -0.39 is 0 Å². The highest BCUT2D eigenvalue weighted by molar-refractivity contribution is 6.06. The summed E-state index contributed by atoms with van der Waals surface area (Å²) in [6.07, 6.45) is 2.22. The molecule has 3 rings (SSSR count). The zero-order valence-corrected chi connectivity index (χ0v) is 13.3. The number of fused-ring (bicyclic) bond motifs is 1. The Morgan fingerprint density at radius 2 is 2.32 bits per heavy atom. The Hall–Kier alpha value is -1.95. The van der Waals surface area contributed by atoms with Gasteiger partial charge in [-0.15, -0.1) is 0 Å². The Bertz CT molecular complexity index is 702. The van der Waals surface area contributed by atoms with Crippen molar-refractivity contribution in [1.82, 2.24) is 20.1 Å². The van der Waals surface area contributed by atoms with E-state index in [0.717, 1.165) is 48.4 Å². The molecule has 0 saturated carbocycles. The van der Waals surface area contributed by atoms with E-state index in [9.17, 15) is 4.79 Å². The number of amides is 1. The summed E-state index contributed by atoms with van der Waals surface area (Å²) in [7, 11) is 0. The van der Waals surface area contributed by atoms with Crippen LogP contribution in [0.3, 0.4) is 0 Å². The van der Waals surface area contributed by atoms with Gasteiger partial charge in [-0.1, -0.05) is 0 Å². The van der Waals surface area contributed by atoms with Crippen molar-refractivity contribution in [2.75, 3.05) is 13.2 Å². The molecule has 0 aliphatic carbocycles. The van der Waals surface area contributed by atoms with Crippen molar-refractivity contribution in [1.29, 1.82) is 0 Å². The summed E-state index contributed by atoms with van der Waals surface area (Å²) in [4.78, 5) is 17.1. The lowest BCUT2D eigenvalue weighted by Crippen LogP contribution is -2.32. The van der Waals surface area contributed by atoms with Gasteiger partial charge in [-0.2, -0.15) is 5.10 Å². The smallest absolute Gasteiger partial charge is 0.252 e. The van der Waals surface area contributed by atoms with Crippen LogP contribution in [0.4, 0.5) is 0 Å². The Balaban J connectivity index is 1.91. The maximum atomic E-state index is 12.6. The second-order valence-electron chi connectivity index (χ2n) is 5.76. The molecule has 2 aromatic rings. The van der Waals surface area contributed by atoms with E-state index in [1.165, 1.54) is 0 Å². The lowest BCUT2D eigenvalue weighted by molar-refractivity contribution is 0.0859. The summed E-state index contributed by atoms with van der Waals surface area (Å²) < 4.78 is 7.39. The maximum Gasteiger partial charge on any atom is 0.252 e. The highest BCUT2D eigenvalue weighted by Crippen LogP contribution is 2.22. The maximum absolute atomic E-state index is 12.6. The largest absolute Gasteiger partial charge is 0.376 e. The van der Waals surface area contributed by atoms with Crippen LogP contribution in [0.5, 0.6) is 0 Å². The highest BCUT2D eigenvalue weighted by Gasteiger charge is 2.20. The van der Waals surface area contributed by atoms with E-state index in [0.29, 0.717) is 12.1 Å². The Kier molecular flexibility index (Phi) is 4.11. The van der Waals surface area contributed by atoms with E-state index in [1.54, 1.807) is 0 Å². The molecule has 2 aromatic heterocycles. The van der Waals surface area contributed by atoms with Crippen LogP contribution in [0, 0.1) is 13.8 Å². The molecule has 0 bridgehead atoms. The van der Waals surface area contributed by atoms with E-state index >= 15 is 0 Å². The lowest BCUT2D eigenvalue weighted by Gasteiger charge is -2.12. The number of carbonyl (C=O) groups excluding carboxylic acids is 1. The Morgan fingerprint density at radius 3 is 3.00 bits per heavy atom. The molecule has 22 heavy (non-hydrogen) atoms. The number of hydrogen-bond donors (Lipinski definition) is 1. The number of rotatable bonds is 4. The van der Waals surface area contributed by atoms with E-state index in [-0.39, 0.29) is 12.0 Å². The van der Waals surface area contributed by atoms with Gasteiger partial charge < -0.3 is 10.1 Å². The van der Waals surface area contributed by atoms with Crippen molar-refractivity contribution in [3.05, 3.63) is 23.0 Å². The summed E-state index contributed by atoms with van der Waals surface area (Å²) >= 11 is 0. The topological polar surface area (TPSA) is 69.0 Å². The number of carbonyl (C=O) groups is 1. The molecule has 1 fully saturated rings. The van der Waals surface area contributed by atoms with E-state index in [2.05, 4.69) is 15.4 Å². The van der Waals surface area contributed by atoms with Gasteiger partial charge in [0.2, 0.25) is 0 Å². The first kappa shape index (κ1) is 15.0. The molecule has 6 heteroatoms. The molecule has 0 spiro atoms. The third-order valence-corrected chi connectivity index (χ3v) is 4.06. The minimum atomic E-state index is -0.0789. The fraction of sp³-hybridized carbons (Fsp3) is 0.562. The average molecular weight is 302 g/mol. The molecule has 3 heterocycles. The van der Waals surface area contributed by atoms with Crippen LogP contribution in [-0.2, 0) is 11.3 Å². The van der Waals surface area contributed by atoms with Gasteiger partial charge in [0.1, 0.15) is 0 Å². The minimum Gasteiger partial charge on any atom is -0.376 e. The van der Waals surface area contributed by atoms with Crippen molar-refractivity contribution >= 4 is 16.9 Å². The second-order valence-corrected chi connectivity index (χ2v) is 5.76. The number of hydrogen-bond acceptors (Lipinski definition) is 4. The monoisotopic (exact) mass is 302 g/mol. The molecular weight excluding hydrogens is 280 g/mol. The van der Waals surface area contributed by atoms with Gasteiger partial charge in [-0.25, -0.2) is 9.67 Å². The summed E-state index contributed by atoms with van der Waals surface area (Å²) in [6.45, 7) is 7.93. The first-order chi connectivity index (χ1) is 10.6. The molecule has 1 amide bonds. The van der Waals surface area contributed by atoms with Crippen molar-refractivity contribution < 1.29 is 9.53 Å². The molecule has 118 valence electrons. The number of aromatic nitrogens is 3. The molecule has 0 radical (unpaired) electrons. The third kappa shape index (κ3) is 2.70. The van der Waals surface area contributed by atoms with Gasteiger partial charge in [0.25, 0.3) is 5.91 Å². The third-order valence-electron chi connectivity index (χ3n) is 4.06. The number of nitrogens with one attached hydrogen (secondary N) is 1. The van der Waals surface area contributed by atoms with Crippen LogP contribution in [-0.4, -0.2) is 39.9 Å². The summed E-state index contributed by atoms with van der Waals surface area (Å²) in [5, 5.41) is 8.31. The van der Waals surface area contributed by atoms with Crippen molar-refractivity contribution in [2.45, 2.75) is 46.3 Å². The first-order valence-corrected chi connectivity index (χ1v) is 7.84. The Labute approximate surface area is 129 Å². The molecular formula is C16H22N4O2. The zero-order valence-electron chi connectivity index (χ0n) is 13.3. The van der Waals surface area contributed by atoms with Gasteiger partial charge >= 0.3 is 0 Å². The number of pyridine rings is 1. The highest BCUT2D eigenvalue weighted by atomic mass is 16.5. The van der Waals surface area contributed by atoms with Crippen LogP contribution in [0.25, 0.3) is 11.0 Å². The van der Waals surface area contributed by atoms with Crippen LogP contribution in [0.15, 0.2) is 6.07 Å². The molecule has 0 unspecified atom stereocenters. The Morgan fingerprint density at radius 1 is 1.50 bits per heavy atom. The average Bonchev–Trinajstić information content (AvgIpc) is 3.12. The summed E-state index contributed by atoms with van der Waals surface area (Å²) in [6, 6.07) is 1.84.